The van der Waals surface area contributed by atoms with Crippen LogP contribution in [0, 0.1) is 5.92 Å². The van der Waals surface area contributed by atoms with Gasteiger partial charge >= 0.3 is 6.16 Å². The second-order valence-corrected chi connectivity index (χ2v) is 5.28. The molecule has 18 heavy (non-hydrogen) atoms. The summed E-state index contributed by atoms with van der Waals surface area (Å²) >= 11 is 0. The van der Waals surface area contributed by atoms with Crippen molar-refractivity contribution in [1.82, 2.24) is 4.90 Å². The van der Waals surface area contributed by atoms with Crippen molar-refractivity contribution in [2.24, 2.45) is 5.92 Å². The summed E-state index contributed by atoms with van der Waals surface area (Å²) in [5, 5.41) is 8.45. The number of carbonyl (C=O) groups is 1. The van der Waals surface area contributed by atoms with Crippen molar-refractivity contribution >= 4 is 6.16 Å². The Morgan fingerprint density at radius 3 is 2.50 bits per heavy atom. The number of piperidine rings is 1. The van der Waals surface area contributed by atoms with Crippen LogP contribution in [0.5, 0.6) is 0 Å². The van der Waals surface area contributed by atoms with Gasteiger partial charge in [-0.1, -0.05) is 32.6 Å². The van der Waals surface area contributed by atoms with Gasteiger partial charge in [-0.15, -0.1) is 0 Å². The van der Waals surface area contributed by atoms with Crippen LogP contribution in [0.1, 0.15) is 51.9 Å². The number of likely N-dealkylation sites (tertiary alicyclic amines) is 1. The average Bonchev–Trinajstić information content (AvgIpc) is 2.37. The smallest absolute Gasteiger partial charge is 0.450 e. The van der Waals surface area contributed by atoms with Crippen molar-refractivity contribution in [2.45, 2.75) is 51.9 Å². The lowest BCUT2D eigenvalue weighted by molar-refractivity contribution is 0.0605. The van der Waals surface area contributed by atoms with Gasteiger partial charge in [-0.3, -0.25) is 0 Å². The van der Waals surface area contributed by atoms with Gasteiger partial charge in [0.15, 0.2) is 0 Å². The maximum absolute atomic E-state index is 10.3. The quantitative estimate of drug-likeness (QED) is 0.535. The van der Waals surface area contributed by atoms with Crippen LogP contribution in [0.3, 0.4) is 0 Å². The fourth-order valence-corrected chi connectivity index (χ4v) is 2.50. The average molecular weight is 257 g/mol. The van der Waals surface area contributed by atoms with Gasteiger partial charge in [-0.05, 0) is 44.8 Å². The van der Waals surface area contributed by atoms with Crippen molar-refractivity contribution in [2.75, 3.05) is 26.2 Å². The van der Waals surface area contributed by atoms with Crippen LogP contribution in [0.2, 0.25) is 0 Å². The van der Waals surface area contributed by atoms with Crippen molar-refractivity contribution in [3.63, 3.8) is 0 Å². The van der Waals surface area contributed by atoms with E-state index in [4.69, 9.17) is 5.11 Å². The first-order valence-corrected chi connectivity index (χ1v) is 7.30. The van der Waals surface area contributed by atoms with Crippen LogP contribution in [0.25, 0.3) is 0 Å². The number of carboxylic acid groups (broad SMARTS) is 1. The molecule has 0 radical (unpaired) electrons. The van der Waals surface area contributed by atoms with Gasteiger partial charge in [0.25, 0.3) is 0 Å². The zero-order valence-electron chi connectivity index (χ0n) is 11.6. The molecule has 0 aliphatic carbocycles. The van der Waals surface area contributed by atoms with Crippen LogP contribution >= 0.6 is 0 Å². The third-order valence-electron chi connectivity index (χ3n) is 3.73. The predicted octanol–water partition coefficient (Wildman–Crippen LogP) is 3.36. The molecule has 4 heteroatoms. The minimum atomic E-state index is -1.15. The van der Waals surface area contributed by atoms with Gasteiger partial charge in [-0.25, -0.2) is 4.79 Å². The van der Waals surface area contributed by atoms with Crippen molar-refractivity contribution in [3.05, 3.63) is 0 Å². The van der Waals surface area contributed by atoms with Crippen LogP contribution in [0.4, 0.5) is 4.79 Å². The van der Waals surface area contributed by atoms with Gasteiger partial charge in [0.1, 0.15) is 0 Å². The molecule has 0 aromatic heterocycles. The summed E-state index contributed by atoms with van der Waals surface area (Å²) in [6, 6.07) is 0. The zero-order valence-corrected chi connectivity index (χ0v) is 11.6. The fraction of sp³-hybridized carbons (Fsp3) is 0.929. The summed E-state index contributed by atoms with van der Waals surface area (Å²) in [7, 11) is 0. The van der Waals surface area contributed by atoms with Gasteiger partial charge in [-0.2, -0.15) is 0 Å². The first-order chi connectivity index (χ1) is 8.72. The fourth-order valence-electron chi connectivity index (χ4n) is 2.50. The minimum Gasteiger partial charge on any atom is -0.450 e. The van der Waals surface area contributed by atoms with E-state index in [1.807, 2.05) is 0 Å². The molecule has 0 aromatic rings. The number of rotatable bonds is 8. The Balaban J connectivity index is 1.99. The number of hydrogen-bond donors (Lipinski definition) is 1. The third-order valence-corrected chi connectivity index (χ3v) is 3.73. The molecular formula is C14H27NO3. The lowest BCUT2D eigenvalue weighted by atomic mass is 9.97. The summed E-state index contributed by atoms with van der Waals surface area (Å²) < 4.78 is 4.64. The lowest BCUT2D eigenvalue weighted by Gasteiger charge is -2.31. The first kappa shape index (κ1) is 15.3. The highest BCUT2D eigenvalue weighted by Crippen LogP contribution is 2.18. The van der Waals surface area contributed by atoms with Gasteiger partial charge in [0, 0.05) is 0 Å². The summed E-state index contributed by atoms with van der Waals surface area (Å²) in [6.07, 6.45) is 7.66. The third kappa shape index (κ3) is 6.84. The van der Waals surface area contributed by atoms with E-state index < -0.39 is 6.16 Å². The van der Waals surface area contributed by atoms with E-state index in [-0.39, 0.29) is 0 Å². The Kier molecular flexibility index (Phi) is 7.81. The molecule has 1 aliphatic heterocycles. The van der Waals surface area contributed by atoms with E-state index in [9.17, 15) is 4.79 Å². The van der Waals surface area contributed by atoms with Crippen molar-refractivity contribution in [3.8, 4) is 0 Å². The maximum Gasteiger partial charge on any atom is 0.505 e. The highest BCUT2D eigenvalue weighted by Gasteiger charge is 2.19. The second kappa shape index (κ2) is 9.20. The number of unbranched alkanes of at least 4 members (excludes halogenated alkanes) is 4. The van der Waals surface area contributed by atoms with E-state index in [1.165, 1.54) is 38.6 Å². The summed E-state index contributed by atoms with van der Waals surface area (Å²) in [4.78, 5) is 12.8. The molecule has 1 aliphatic rings. The number of ether oxygens (including phenoxy) is 1. The lowest BCUT2D eigenvalue weighted by Crippen LogP contribution is -2.35. The molecule has 1 fully saturated rings. The van der Waals surface area contributed by atoms with Gasteiger partial charge in [0.05, 0.1) is 6.61 Å². The molecule has 4 nitrogen and oxygen atoms in total. The summed E-state index contributed by atoms with van der Waals surface area (Å²) in [5.41, 5.74) is 0. The molecule has 0 aromatic carbocycles. The van der Waals surface area contributed by atoms with Crippen LogP contribution < -0.4 is 0 Å². The molecule has 0 bridgehead atoms. The molecule has 0 saturated carbocycles. The Bertz CT molecular complexity index is 225. The number of hydrogen-bond acceptors (Lipinski definition) is 3. The zero-order chi connectivity index (χ0) is 13.2. The molecule has 0 spiro atoms. The van der Waals surface area contributed by atoms with Crippen molar-refractivity contribution in [1.29, 1.82) is 0 Å². The largest absolute Gasteiger partial charge is 0.505 e. The Hall–Kier alpha value is -0.770. The van der Waals surface area contributed by atoms with E-state index in [0.717, 1.165) is 25.9 Å². The minimum absolute atomic E-state index is 0.375. The summed E-state index contributed by atoms with van der Waals surface area (Å²) in [6.45, 7) is 6.02. The first-order valence-electron chi connectivity index (χ1n) is 7.30. The molecular weight excluding hydrogens is 230 g/mol. The molecule has 1 rings (SSSR count). The summed E-state index contributed by atoms with van der Waals surface area (Å²) in [5.74, 6) is 0.428. The Morgan fingerprint density at radius 2 is 1.89 bits per heavy atom. The Labute approximate surface area is 110 Å². The molecule has 0 atom stereocenters. The monoisotopic (exact) mass is 257 g/mol. The van der Waals surface area contributed by atoms with E-state index in [0.29, 0.717) is 12.5 Å². The van der Waals surface area contributed by atoms with Crippen molar-refractivity contribution < 1.29 is 14.6 Å². The predicted molar refractivity (Wildman–Crippen MR) is 71.9 cm³/mol. The second-order valence-electron chi connectivity index (χ2n) is 5.28. The van der Waals surface area contributed by atoms with E-state index >= 15 is 0 Å². The molecule has 1 saturated heterocycles. The normalized spacial score (nSPS) is 17.8. The van der Waals surface area contributed by atoms with Gasteiger partial charge < -0.3 is 14.7 Å². The topological polar surface area (TPSA) is 49.8 Å². The molecule has 106 valence electrons. The Morgan fingerprint density at radius 1 is 1.22 bits per heavy atom. The van der Waals surface area contributed by atoms with Crippen LogP contribution in [-0.4, -0.2) is 42.4 Å². The standard InChI is InChI=1S/C14H27NO3/c1-2-3-4-5-6-9-15-10-7-13(8-11-15)12-18-14(16)17/h13H,2-12H2,1H3,(H,16,17). The highest BCUT2D eigenvalue weighted by molar-refractivity contribution is 5.56. The van der Waals surface area contributed by atoms with E-state index in [2.05, 4.69) is 16.6 Å². The molecule has 0 unspecified atom stereocenters. The van der Waals surface area contributed by atoms with Crippen LogP contribution in [0.15, 0.2) is 0 Å². The van der Waals surface area contributed by atoms with Gasteiger partial charge in [0.2, 0.25) is 0 Å². The van der Waals surface area contributed by atoms with Crippen LogP contribution in [-0.2, 0) is 4.74 Å². The number of nitrogens with zero attached hydrogens (tertiary/aromatic N) is 1. The molecule has 1 N–H and O–H groups in total. The molecule has 0 amide bonds. The SMILES string of the molecule is CCCCCCCN1CCC(COC(=O)O)CC1. The molecule has 1 heterocycles. The maximum atomic E-state index is 10.3. The highest BCUT2D eigenvalue weighted by atomic mass is 16.7. The van der Waals surface area contributed by atoms with E-state index in [1.54, 1.807) is 0 Å².